The SMILES string of the molecule is Cc1ccc(NS(=O)(=O)c2ccc(C(=O)NC(C)c3cccnc3)cc2)cc1C. The number of hydrogen-bond acceptors (Lipinski definition) is 4. The fourth-order valence-electron chi connectivity index (χ4n) is 2.80. The standard InChI is InChI=1S/C22H23N3O3S/c1-15-6-9-20(13-16(15)2)25-29(27,28)21-10-7-18(8-11-21)22(26)24-17(3)19-5-4-12-23-14-19/h4-14,17,25H,1-3H3,(H,24,26). The lowest BCUT2D eigenvalue weighted by atomic mass is 10.1. The van der Waals surface area contributed by atoms with Crippen molar-refractivity contribution in [3.8, 4) is 0 Å². The van der Waals surface area contributed by atoms with Crippen LogP contribution in [0.15, 0.2) is 71.9 Å². The first-order chi connectivity index (χ1) is 13.8. The van der Waals surface area contributed by atoms with Crippen molar-refractivity contribution in [1.82, 2.24) is 10.3 Å². The predicted molar refractivity (Wildman–Crippen MR) is 113 cm³/mol. The first-order valence-electron chi connectivity index (χ1n) is 9.17. The van der Waals surface area contributed by atoms with Crippen molar-refractivity contribution in [3.05, 3.63) is 89.2 Å². The Morgan fingerprint density at radius 3 is 2.34 bits per heavy atom. The normalized spacial score (nSPS) is 12.2. The summed E-state index contributed by atoms with van der Waals surface area (Å²) in [4.78, 5) is 16.6. The number of nitrogens with zero attached hydrogens (tertiary/aromatic N) is 1. The Bertz CT molecular complexity index is 1110. The molecule has 0 fully saturated rings. The lowest BCUT2D eigenvalue weighted by molar-refractivity contribution is 0.0939. The molecule has 2 aromatic carbocycles. The highest BCUT2D eigenvalue weighted by atomic mass is 32.2. The molecule has 0 bridgehead atoms. The molecule has 0 aliphatic rings. The van der Waals surface area contributed by atoms with Gasteiger partial charge in [0.25, 0.3) is 15.9 Å². The monoisotopic (exact) mass is 409 g/mol. The fraction of sp³-hybridized carbons (Fsp3) is 0.182. The first-order valence-corrected chi connectivity index (χ1v) is 10.7. The number of carbonyl (C=O) groups is 1. The van der Waals surface area contributed by atoms with E-state index in [4.69, 9.17) is 0 Å². The van der Waals surface area contributed by atoms with E-state index in [0.717, 1.165) is 16.7 Å². The van der Waals surface area contributed by atoms with Crippen LogP contribution in [0.25, 0.3) is 0 Å². The van der Waals surface area contributed by atoms with E-state index >= 15 is 0 Å². The molecule has 1 heterocycles. The summed E-state index contributed by atoms with van der Waals surface area (Å²) in [6.07, 6.45) is 3.36. The van der Waals surface area contributed by atoms with Crippen LogP contribution in [0.1, 0.15) is 40.0 Å². The van der Waals surface area contributed by atoms with E-state index in [0.29, 0.717) is 11.3 Å². The van der Waals surface area contributed by atoms with Crippen molar-refractivity contribution in [2.75, 3.05) is 4.72 Å². The van der Waals surface area contributed by atoms with Gasteiger partial charge in [-0.1, -0.05) is 12.1 Å². The van der Waals surface area contributed by atoms with E-state index < -0.39 is 10.0 Å². The summed E-state index contributed by atoms with van der Waals surface area (Å²) in [7, 11) is -3.74. The molecule has 0 saturated carbocycles. The van der Waals surface area contributed by atoms with Crippen LogP contribution in [-0.4, -0.2) is 19.3 Å². The minimum absolute atomic E-state index is 0.0904. The second-order valence-corrected chi connectivity index (χ2v) is 8.59. The van der Waals surface area contributed by atoms with Crippen LogP contribution < -0.4 is 10.0 Å². The fourth-order valence-corrected chi connectivity index (χ4v) is 3.85. The third kappa shape index (κ3) is 5.00. The number of anilines is 1. The summed E-state index contributed by atoms with van der Waals surface area (Å²) < 4.78 is 27.8. The smallest absolute Gasteiger partial charge is 0.261 e. The molecule has 3 rings (SSSR count). The largest absolute Gasteiger partial charge is 0.345 e. The number of nitrogens with one attached hydrogen (secondary N) is 2. The molecule has 6 nitrogen and oxygen atoms in total. The van der Waals surface area contributed by atoms with Gasteiger partial charge in [-0.3, -0.25) is 14.5 Å². The van der Waals surface area contributed by atoms with Crippen molar-refractivity contribution < 1.29 is 13.2 Å². The van der Waals surface area contributed by atoms with Crippen LogP contribution >= 0.6 is 0 Å². The number of hydrogen-bond donors (Lipinski definition) is 2. The Kier molecular flexibility index (Phi) is 5.98. The molecule has 1 unspecified atom stereocenters. The summed E-state index contributed by atoms with van der Waals surface area (Å²) in [5.41, 5.74) is 3.85. The van der Waals surface area contributed by atoms with Crippen molar-refractivity contribution in [2.45, 2.75) is 31.7 Å². The number of rotatable bonds is 6. The number of carbonyl (C=O) groups excluding carboxylic acids is 1. The number of aryl methyl sites for hydroxylation is 2. The van der Waals surface area contributed by atoms with Gasteiger partial charge in [0.1, 0.15) is 0 Å². The van der Waals surface area contributed by atoms with E-state index in [1.165, 1.54) is 24.3 Å². The van der Waals surface area contributed by atoms with Crippen molar-refractivity contribution in [3.63, 3.8) is 0 Å². The minimum Gasteiger partial charge on any atom is -0.345 e. The van der Waals surface area contributed by atoms with Gasteiger partial charge >= 0.3 is 0 Å². The number of sulfonamides is 1. The van der Waals surface area contributed by atoms with E-state index in [2.05, 4.69) is 15.0 Å². The third-order valence-corrected chi connectivity index (χ3v) is 6.12. The van der Waals surface area contributed by atoms with Gasteiger partial charge in [-0.2, -0.15) is 0 Å². The second kappa shape index (κ2) is 8.45. The van der Waals surface area contributed by atoms with Gasteiger partial charge in [-0.25, -0.2) is 8.42 Å². The maximum atomic E-state index is 12.6. The van der Waals surface area contributed by atoms with Gasteiger partial charge in [-0.05, 0) is 79.9 Å². The molecule has 1 aromatic heterocycles. The van der Waals surface area contributed by atoms with Crippen LogP contribution in [0.4, 0.5) is 5.69 Å². The highest BCUT2D eigenvalue weighted by molar-refractivity contribution is 7.92. The molecule has 2 N–H and O–H groups in total. The molecule has 0 spiro atoms. The quantitative estimate of drug-likeness (QED) is 0.644. The Labute approximate surface area is 171 Å². The van der Waals surface area contributed by atoms with Crippen LogP contribution in [0.3, 0.4) is 0 Å². The van der Waals surface area contributed by atoms with Gasteiger partial charge in [0, 0.05) is 23.6 Å². The number of pyridine rings is 1. The summed E-state index contributed by atoms with van der Waals surface area (Å²) in [5.74, 6) is -0.285. The zero-order valence-corrected chi connectivity index (χ0v) is 17.3. The lowest BCUT2D eigenvalue weighted by Crippen LogP contribution is -2.26. The zero-order valence-electron chi connectivity index (χ0n) is 16.5. The van der Waals surface area contributed by atoms with Gasteiger partial charge in [0.15, 0.2) is 0 Å². The molecule has 0 aliphatic carbocycles. The van der Waals surface area contributed by atoms with E-state index in [1.54, 1.807) is 30.6 Å². The molecule has 29 heavy (non-hydrogen) atoms. The highest BCUT2D eigenvalue weighted by Crippen LogP contribution is 2.20. The van der Waals surface area contributed by atoms with Crippen LogP contribution in [0, 0.1) is 13.8 Å². The minimum atomic E-state index is -3.74. The molecule has 0 saturated heterocycles. The Hall–Kier alpha value is -3.19. The Morgan fingerprint density at radius 2 is 1.72 bits per heavy atom. The summed E-state index contributed by atoms with van der Waals surface area (Å²) in [6, 6.07) is 14.7. The van der Waals surface area contributed by atoms with Crippen molar-refractivity contribution >= 4 is 21.6 Å². The molecule has 3 aromatic rings. The van der Waals surface area contributed by atoms with E-state index in [-0.39, 0.29) is 16.8 Å². The highest BCUT2D eigenvalue weighted by Gasteiger charge is 2.16. The lowest BCUT2D eigenvalue weighted by Gasteiger charge is -2.14. The van der Waals surface area contributed by atoms with Gasteiger partial charge in [0.05, 0.1) is 10.9 Å². The van der Waals surface area contributed by atoms with Crippen molar-refractivity contribution in [2.24, 2.45) is 0 Å². The maximum absolute atomic E-state index is 12.6. The molecule has 150 valence electrons. The van der Waals surface area contributed by atoms with Crippen LogP contribution in [0.5, 0.6) is 0 Å². The summed E-state index contributed by atoms with van der Waals surface area (Å²) >= 11 is 0. The summed E-state index contributed by atoms with van der Waals surface area (Å²) in [5, 5.41) is 2.88. The van der Waals surface area contributed by atoms with Crippen LogP contribution in [0.2, 0.25) is 0 Å². The van der Waals surface area contributed by atoms with E-state index in [1.807, 2.05) is 32.9 Å². The predicted octanol–water partition coefficient (Wildman–Crippen LogP) is 3.99. The third-order valence-electron chi connectivity index (χ3n) is 4.72. The van der Waals surface area contributed by atoms with Gasteiger partial charge in [0.2, 0.25) is 0 Å². The average Bonchev–Trinajstić information content (AvgIpc) is 2.71. The Balaban J connectivity index is 1.71. The zero-order chi connectivity index (χ0) is 21.0. The molecule has 1 atom stereocenters. The number of amides is 1. The number of aromatic nitrogens is 1. The topological polar surface area (TPSA) is 88.2 Å². The van der Waals surface area contributed by atoms with Gasteiger partial charge < -0.3 is 5.32 Å². The Morgan fingerprint density at radius 1 is 1.00 bits per heavy atom. The maximum Gasteiger partial charge on any atom is 0.261 e. The average molecular weight is 410 g/mol. The first kappa shape index (κ1) is 20.5. The van der Waals surface area contributed by atoms with Crippen LogP contribution in [-0.2, 0) is 10.0 Å². The molecule has 1 amide bonds. The molecule has 0 radical (unpaired) electrons. The van der Waals surface area contributed by atoms with Crippen molar-refractivity contribution in [1.29, 1.82) is 0 Å². The van der Waals surface area contributed by atoms with Gasteiger partial charge in [-0.15, -0.1) is 0 Å². The second-order valence-electron chi connectivity index (χ2n) is 6.91. The van der Waals surface area contributed by atoms with E-state index in [9.17, 15) is 13.2 Å². The molecular formula is C22H23N3O3S. The molecule has 7 heteroatoms. The molecular weight excluding hydrogens is 386 g/mol. The number of benzene rings is 2. The molecule has 0 aliphatic heterocycles. The summed E-state index contributed by atoms with van der Waals surface area (Å²) in [6.45, 7) is 5.75.